The number of para-hydroxylation sites is 3. The Kier molecular flexibility index (Phi) is 6.62. The van der Waals surface area contributed by atoms with Crippen molar-refractivity contribution in [1.29, 1.82) is 0 Å². The monoisotopic (exact) mass is 374 g/mol. The van der Waals surface area contributed by atoms with Gasteiger partial charge < -0.3 is 21.3 Å². The fourth-order valence-electron chi connectivity index (χ4n) is 2.67. The summed E-state index contributed by atoms with van der Waals surface area (Å²) in [4.78, 5) is 24.2. The van der Waals surface area contributed by atoms with Crippen molar-refractivity contribution in [2.75, 3.05) is 22.5 Å². The molecular weight excluding hydrogens is 352 g/mol. The van der Waals surface area contributed by atoms with Crippen LogP contribution in [0.3, 0.4) is 0 Å². The van der Waals surface area contributed by atoms with Crippen molar-refractivity contribution in [1.82, 2.24) is 5.32 Å². The lowest BCUT2D eigenvalue weighted by Crippen LogP contribution is -2.30. The molecule has 0 aliphatic carbocycles. The van der Waals surface area contributed by atoms with Crippen molar-refractivity contribution < 1.29 is 9.59 Å². The van der Waals surface area contributed by atoms with E-state index in [2.05, 4.69) is 21.3 Å². The summed E-state index contributed by atoms with van der Waals surface area (Å²) in [7, 11) is 0. The van der Waals surface area contributed by atoms with Crippen LogP contribution in [0.2, 0.25) is 0 Å². The third-order valence-corrected chi connectivity index (χ3v) is 4.01. The highest BCUT2D eigenvalue weighted by molar-refractivity contribution is 6.00. The predicted molar refractivity (Wildman–Crippen MR) is 113 cm³/mol. The van der Waals surface area contributed by atoms with Gasteiger partial charge in [-0.1, -0.05) is 54.6 Å². The normalized spacial score (nSPS) is 10.0. The third kappa shape index (κ3) is 5.88. The quantitative estimate of drug-likeness (QED) is 0.505. The molecule has 142 valence electrons. The maximum Gasteiger partial charge on any atom is 0.323 e. The van der Waals surface area contributed by atoms with Crippen molar-refractivity contribution in [2.24, 2.45) is 0 Å². The number of carbonyl (C=O) groups is 2. The van der Waals surface area contributed by atoms with Crippen LogP contribution >= 0.6 is 0 Å². The van der Waals surface area contributed by atoms with Gasteiger partial charge in [-0.2, -0.15) is 0 Å². The average Bonchev–Trinajstić information content (AvgIpc) is 2.71. The number of amides is 4. The van der Waals surface area contributed by atoms with E-state index >= 15 is 0 Å². The summed E-state index contributed by atoms with van der Waals surface area (Å²) in [6.07, 6.45) is 0.587. The van der Waals surface area contributed by atoms with Gasteiger partial charge in [0.1, 0.15) is 0 Å². The number of urea groups is 2. The zero-order chi connectivity index (χ0) is 19.6. The summed E-state index contributed by atoms with van der Waals surface area (Å²) in [5.41, 5.74) is 3.10. The van der Waals surface area contributed by atoms with Gasteiger partial charge in [-0.25, -0.2) is 9.59 Å². The van der Waals surface area contributed by atoms with Gasteiger partial charge in [0.15, 0.2) is 0 Å². The molecule has 0 spiro atoms. The Labute approximate surface area is 164 Å². The standard InChI is InChI=1S/C22H22N4O2/c27-21(24-18-10-3-1-4-11-18)23-16-15-17-9-7-8-14-20(17)26-22(28)25-19-12-5-2-6-13-19/h1-14H,15-16H2,(H2,23,24,27)(H2,25,26,28). The van der Waals surface area contributed by atoms with Crippen LogP contribution in [-0.2, 0) is 6.42 Å². The zero-order valence-electron chi connectivity index (χ0n) is 15.3. The molecule has 0 aromatic heterocycles. The lowest BCUT2D eigenvalue weighted by Gasteiger charge is -2.13. The van der Waals surface area contributed by atoms with Gasteiger partial charge in [-0.3, -0.25) is 0 Å². The SMILES string of the molecule is O=C(NCCc1ccccc1NC(=O)Nc1ccccc1)Nc1ccccc1. The molecule has 4 amide bonds. The minimum atomic E-state index is -0.312. The molecule has 0 aliphatic heterocycles. The molecule has 0 unspecified atom stereocenters. The Morgan fingerprint density at radius 2 is 1.14 bits per heavy atom. The molecule has 28 heavy (non-hydrogen) atoms. The maximum atomic E-state index is 12.2. The highest BCUT2D eigenvalue weighted by Crippen LogP contribution is 2.16. The highest BCUT2D eigenvalue weighted by Gasteiger charge is 2.07. The molecule has 3 rings (SSSR count). The summed E-state index contributed by atoms with van der Waals surface area (Å²) in [5, 5.41) is 11.2. The van der Waals surface area contributed by atoms with Crippen molar-refractivity contribution >= 4 is 29.1 Å². The Morgan fingerprint density at radius 1 is 0.607 bits per heavy atom. The summed E-state index contributed by atoms with van der Waals surface area (Å²) in [6.45, 7) is 0.442. The van der Waals surface area contributed by atoms with Crippen molar-refractivity contribution in [3.05, 3.63) is 90.5 Å². The Balaban J connectivity index is 1.51. The Hall–Kier alpha value is -3.80. The van der Waals surface area contributed by atoms with E-state index in [4.69, 9.17) is 0 Å². The Morgan fingerprint density at radius 3 is 1.79 bits per heavy atom. The van der Waals surface area contributed by atoms with Crippen LogP contribution in [0.1, 0.15) is 5.56 Å². The van der Waals surface area contributed by atoms with Crippen molar-refractivity contribution in [3.8, 4) is 0 Å². The van der Waals surface area contributed by atoms with Crippen LogP contribution in [0, 0.1) is 0 Å². The second kappa shape index (κ2) is 9.78. The van der Waals surface area contributed by atoms with Crippen molar-refractivity contribution in [3.63, 3.8) is 0 Å². The lowest BCUT2D eigenvalue weighted by atomic mass is 10.1. The van der Waals surface area contributed by atoms with E-state index in [1.807, 2.05) is 84.9 Å². The van der Waals surface area contributed by atoms with Crippen LogP contribution in [0.4, 0.5) is 26.7 Å². The van der Waals surface area contributed by atoms with Crippen LogP contribution in [0.5, 0.6) is 0 Å². The highest BCUT2D eigenvalue weighted by atomic mass is 16.2. The first-order valence-electron chi connectivity index (χ1n) is 9.01. The summed E-state index contributed by atoms with van der Waals surface area (Å²) in [6, 6.07) is 25.4. The van der Waals surface area contributed by atoms with Gasteiger partial charge in [-0.15, -0.1) is 0 Å². The molecule has 0 bridgehead atoms. The molecule has 0 saturated carbocycles. The average molecular weight is 374 g/mol. The van der Waals surface area contributed by atoms with Crippen LogP contribution in [-0.4, -0.2) is 18.6 Å². The zero-order valence-corrected chi connectivity index (χ0v) is 15.3. The van der Waals surface area contributed by atoms with Gasteiger partial charge in [0.2, 0.25) is 0 Å². The first-order valence-corrected chi connectivity index (χ1v) is 9.01. The molecular formula is C22H22N4O2. The third-order valence-electron chi connectivity index (χ3n) is 4.01. The van der Waals surface area contributed by atoms with Gasteiger partial charge >= 0.3 is 12.1 Å². The number of carbonyl (C=O) groups excluding carboxylic acids is 2. The van der Waals surface area contributed by atoms with Gasteiger partial charge in [-0.05, 0) is 42.3 Å². The van der Waals surface area contributed by atoms with E-state index in [0.717, 1.165) is 16.9 Å². The number of hydrogen-bond donors (Lipinski definition) is 4. The topological polar surface area (TPSA) is 82.3 Å². The summed E-state index contributed by atoms with van der Waals surface area (Å²) < 4.78 is 0. The first kappa shape index (κ1) is 19.0. The number of hydrogen-bond acceptors (Lipinski definition) is 2. The molecule has 3 aromatic carbocycles. The van der Waals surface area contributed by atoms with E-state index in [9.17, 15) is 9.59 Å². The lowest BCUT2D eigenvalue weighted by molar-refractivity contribution is 0.252. The molecule has 0 atom stereocenters. The first-order chi connectivity index (χ1) is 13.7. The molecule has 0 aliphatic rings. The molecule has 6 nitrogen and oxygen atoms in total. The summed E-state index contributed by atoms with van der Waals surface area (Å²) in [5.74, 6) is 0. The van der Waals surface area contributed by atoms with Crippen LogP contribution in [0.15, 0.2) is 84.9 Å². The molecule has 4 N–H and O–H groups in total. The van der Waals surface area contributed by atoms with Crippen LogP contribution < -0.4 is 21.3 Å². The number of rotatable bonds is 6. The molecule has 0 fully saturated rings. The van der Waals surface area contributed by atoms with Gasteiger partial charge in [0.05, 0.1) is 0 Å². The number of benzene rings is 3. The van der Waals surface area contributed by atoms with Gasteiger partial charge in [0.25, 0.3) is 0 Å². The molecule has 6 heteroatoms. The van der Waals surface area contributed by atoms with Gasteiger partial charge in [0, 0.05) is 23.6 Å². The number of nitrogens with one attached hydrogen (secondary N) is 4. The second-order valence-corrected chi connectivity index (χ2v) is 6.10. The molecule has 0 saturated heterocycles. The van der Waals surface area contributed by atoms with E-state index in [1.165, 1.54) is 0 Å². The fourth-order valence-corrected chi connectivity index (χ4v) is 2.67. The fraction of sp³-hybridized carbons (Fsp3) is 0.0909. The van der Waals surface area contributed by atoms with Crippen molar-refractivity contribution in [2.45, 2.75) is 6.42 Å². The minimum Gasteiger partial charge on any atom is -0.338 e. The smallest absolute Gasteiger partial charge is 0.323 e. The molecule has 3 aromatic rings. The molecule has 0 radical (unpaired) electrons. The number of anilines is 3. The van der Waals surface area contributed by atoms with E-state index in [1.54, 1.807) is 0 Å². The van der Waals surface area contributed by atoms with E-state index < -0.39 is 0 Å². The van der Waals surface area contributed by atoms with E-state index in [0.29, 0.717) is 18.7 Å². The van der Waals surface area contributed by atoms with Crippen LogP contribution in [0.25, 0.3) is 0 Å². The van der Waals surface area contributed by atoms with E-state index in [-0.39, 0.29) is 12.1 Å². The maximum absolute atomic E-state index is 12.2. The Bertz CT molecular complexity index is 914. The second-order valence-electron chi connectivity index (χ2n) is 6.10. The summed E-state index contributed by atoms with van der Waals surface area (Å²) >= 11 is 0. The minimum absolute atomic E-state index is 0.265. The largest absolute Gasteiger partial charge is 0.338 e. The predicted octanol–water partition coefficient (Wildman–Crippen LogP) is 4.69. The molecule has 0 heterocycles.